The molecule has 0 radical (unpaired) electrons. The van der Waals surface area contributed by atoms with Crippen molar-refractivity contribution in [3.63, 3.8) is 0 Å². The van der Waals surface area contributed by atoms with E-state index in [4.69, 9.17) is 0 Å². The molecule has 1 aromatic carbocycles. The van der Waals surface area contributed by atoms with Gasteiger partial charge in [-0.3, -0.25) is 9.59 Å². The zero-order chi connectivity index (χ0) is 16.0. The Kier molecular flexibility index (Phi) is 5.88. The standard InChI is InChI=1S/C16H23FN2O2/c1-5-19(11-12-7-6-8-13(17)9-12)14(20)10-18-15(21)16(2,3)4/h6-9H,5,10-11H2,1-4H3,(H,18,21). The van der Waals surface area contributed by atoms with Gasteiger partial charge in [-0.1, -0.05) is 32.9 Å². The quantitative estimate of drug-likeness (QED) is 0.906. The van der Waals surface area contributed by atoms with Crippen LogP contribution in [0.3, 0.4) is 0 Å². The predicted octanol–water partition coefficient (Wildman–Crippen LogP) is 2.34. The number of nitrogens with zero attached hydrogens (tertiary/aromatic N) is 1. The van der Waals surface area contributed by atoms with Crippen LogP contribution in [0.25, 0.3) is 0 Å². The summed E-state index contributed by atoms with van der Waals surface area (Å²) in [7, 11) is 0. The molecule has 21 heavy (non-hydrogen) atoms. The van der Waals surface area contributed by atoms with Crippen LogP contribution in [0.15, 0.2) is 24.3 Å². The molecule has 1 rings (SSSR count). The molecule has 0 bridgehead atoms. The first-order valence-electron chi connectivity index (χ1n) is 7.04. The number of carbonyl (C=O) groups excluding carboxylic acids is 2. The van der Waals surface area contributed by atoms with E-state index in [0.717, 1.165) is 5.56 Å². The van der Waals surface area contributed by atoms with Crippen molar-refractivity contribution < 1.29 is 14.0 Å². The van der Waals surface area contributed by atoms with E-state index in [1.165, 1.54) is 12.1 Å². The van der Waals surface area contributed by atoms with Crippen LogP contribution in [0.1, 0.15) is 33.3 Å². The molecule has 2 amide bonds. The summed E-state index contributed by atoms with van der Waals surface area (Å²) < 4.78 is 13.1. The molecule has 0 saturated heterocycles. The van der Waals surface area contributed by atoms with Crippen LogP contribution in [-0.2, 0) is 16.1 Å². The van der Waals surface area contributed by atoms with Crippen LogP contribution in [0, 0.1) is 11.2 Å². The predicted molar refractivity (Wildman–Crippen MR) is 80.0 cm³/mol. The SMILES string of the molecule is CCN(Cc1cccc(F)c1)C(=O)CNC(=O)C(C)(C)C. The molecule has 0 aliphatic heterocycles. The fourth-order valence-corrected chi connectivity index (χ4v) is 1.76. The minimum absolute atomic E-state index is 0.0424. The zero-order valence-corrected chi connectivity index (χ0v) is 13.1. The van der Waals surface area contributed by atoms with E-state index >= 15 is 0 Å². The molecule has 0 fully saturated rings. The number of halogens is 1. The summed E-state index contributed by atoms with van der Waals surface area (Å²) in [6.07, 6.45) is 0. The highest BCUT2D eigenvalue weighted by atomic mass is 19.1. The van der Waals surface area contributed by atoms with Gasteiger partial charge in [-0.15, -0.1) is 0 Å². The third-order valence-electron chi connectivity index (χ3n) is 3.08. The first kappa shape index (κ1) is 17.1. The van der Waals surface area contributed by atoms with Crippen molar-refractivity contribution in [1.29, 1.82) is 0 Å². The van der Waals surface area contributed by atoms with Gasteiger partial charge in [0.2, 0.25) is 11.8 Å². The molecule has 0 spiro atoms. The zero-order valence-electron chi connectivity index (χ0n) is 13.1. The number of likely N-dealkylation sites (N-methyl/N-ethyl adjacent to an activating group) is 1. The third kappa shape index (κ3) is 5.53. The van der Waals surface area contributed by atoms with Gasteiger partial charge in [0.25, 0.3) is 0 Å². The first-order valence-corrected chi connectivity index (χ1v) is 7.04. The fourth-order valence-electron chi connectivity index (χ4n) is 1.76. The molecule has 0 heterocycles. The minimum Gasteiger partial charge on any atom is -0.347 e. The molecule has 0 unspecified atom stereocenters. The largest absolute Gasteiger partial charge is 0.347 e. The monoisotopic (exact) mass is 294 g/mol. The summed E-state index contributed by atoms with van der Waals surface area (Å²) in [5.74, 6) is -0.672. The van der Waals surface area contributed by atoms with Crippen molar-refractivity contribution in [2.45, 2.75) is 34.2 Å². The number of rotatable bonds is 5. The van der Waals surface area contributed by atoms with E-state index < -0.39 is 5.41 Å². The van der Waals surface area contributed by atoms with Crippen LogP contribution in [0.5, 0.6) is 0 Å². The molecule has 0 aliphatic rings. The highest BCUT2D eigenvalue weighted by molar-refractivity contribution is 5.87. The lowest BCUT2D eigenvalue weighted by atomic mass is 9.96. The Hall–Kier alpha value is -1.91. The maximum atomic E-state index is 13.1. The third-order valence-corrected chi connectivity index (χ3v) is 3.08. The number of nitrogens with one attached hydrogen (secondary N) is 1. The molecule has 5 heteroatoms. The average Bonchev–Trinajstić information content (AvgIpc) is 2.40. The topological polar surface area (TPSA) is 49.4 Å². The van der Waals surface area contributed by atoms with Crippen molar-refractivity contribution >= 4 is 11.8 Å². The Bertz CT molecular complexity index is 509. The van der Waals surface area contributed by atoms with Crippen LogP contribution in [-0.4, -0.2) is 29.8 Å². The molecule has 0 aliphatic carbocycles. The lowest BCUT2D eigenvalue weighted by molar-refractivity contribution is -0.135. The molecular formula is C16H23FN2O2. The molecular weight excluding hydrogens is 271 g/mol. The first-order chi connectivity index (χ1) is 9.74. The molecule has 0 saturated carbocycles. The van der Waals surface area contributed by atoms with Gasteiger partial charge in [-0.2, -0.15) is 0 Å². The van der Waals surface area contributed by atoms with Gasteiger partial charge in [0.1, 0.15) is 5.82 Å². The minimum atomic E-state index is -0.528. The number of benzene rings is 1. The van der Waals surface area contributed by atoms with E-state index in [9.17, 15) is 14.0 Å². The summed E-state index contributed by atoms with van der Waals surface area (Å²) >= 11 is 0. The number of carbonyl (C=O) groups is 2. The Labute approximate surface area is 125 Å². The highest BCUT2D eigenvalue weighted by Crippen LogP contribution is 2.12. The maximum Gasteiger partial charge on any atom is 0.242 e. The van der Waals surface area contributed by atoms with Crippen molar-refractivity contribution in [3.05, 3.63) is 35.6 Å². The number of amides is 2. The Morgan fingerprint density at radius 3 is 2.48 bits per heavy atom. The lowest BCUT2D eigenvalue weighted by Gasteiger charge is -2.23. The van der Waals surface area contributed by atoms with E-state index in [-0.39, 0.29) is 24.2 Å². The second-order valence-electron chi connectivity index (χ2n) is 5.97. The molecule has 0 aromatic heterocycles. The number of hydrogen-bond acceptors (Lipinski definition) is 2. The molecule has 4 nitrogen and oxygen atoms in total. The van der Waals surface area contributed by atoms with Crippen LogP contribution in [0.2, 0.25) is 0 Å². The van der Waals surface area contributed by atoms with Crippen LogP contribution in [0.4, 0.5) is 4.39 Å². The summed E-state index contributed by atoms with van der Waals surface area (Å²) in [6.45, 7) is 8.01. The van der Waals surface area contributed by atoms with E-state index in [1.54, 1.807) is 37.8 Å². The summed E-state index contributed by atoms with van der Waals surface area (Å²) in [6, 6.07) is 6.16. The smallest absolute Gasteiger partial charge is 0.242 e. The Balaban J connectivity index is 2.60. The van der Waals surface area contributed by atoms with Gasteiger partial charge in [0.05, 0.1) is 6.54 Å². The molecule has 116 valence electrons. The van der Waals surface area contributed by atoms with E-state index in [1.807, 2.05) is 6.92 Å². The average molecular weight is 294 g/mol. The lowest BCUT2D eigenvalue weighted by Crippen LogP contribution is -2.43. The van der Waals surface area contributed by atoms with Crippen LogP contribution < -0.4 is 5.32 Å². The fraction of sp³-hybridized carbons (Fsp3) is 0.500. The Morgan fingerprint density at radius 2 is 1.95 bits per heavy atom. The van der Waals surface area contributed by atoms with Gasteiger partial charge in [0.15, 0.2) is 0 Å². The van der Waals surface area contributed by atoms with Crippen LogP contribution >= 0.6 is 0 Å². The van der Waals surface area contributed by atoms with Crippen molar-refractivity contribution in [1.82, 2.24) is 10.2 Å². The van der Waals surface area contributed by atoms with Gasteiger partial charge in [-0.05, 0) is 24.6 Å². The second-order valence-corrected chi connectivity index (χ2v) is 5.97. The van der Waals surface area contributed by atoms with Crippen molar-refractivity contribution in [2.75, 3.05) is 13.1 Å². The summed E-state index contributed by atoms with van der Waals surface area (Å²) in [4.78, 5) is 25.4. The van der Waals surface area contributed by atoms with Gasteiger partial charge >= 0.3 is 0 Å². The van der Waals surface area contributed by atoms with Crippen molar-refractivity contribution in [2.24, 2.45) is 5.41 Å². The van der Waals surface area contributed by atoms with Gasteiger partial charge < -0.3 is 10.2 Å². The van der Waals surface area contributed by atoms with Crippen molar-refractivity contribution in [3.8, 4) is 0 Å². The normalized spacial score (nSPS) is 11.1. The molecule has 1 aromatic rings. The number of hydrogen-bond donors (Lipinski definition) is 1. The van der Waals surface area contributed by atoms with Gasteiger partial charge in [-0.25, -0.2) is 4.39 Å². The second kappa shape index (κ2) is 7.20. The molecule has 0 atom stereocenters. The maximum absolute atomic E-state index is 13.1. The van der Waals surface area contributed by atoms with Gasteiger partial charge in [0, 0.05) is 18.5 Å². The Morgan fingerprint density at radius 1 is 1.29 bits per heavy atom. The van der Waals surface area contributed by atoms with E-state index in [2.05, 4.69) is 5.32 Å². The summed E-state index contributed by atoms with van der Waals surface area (Å²) in [5.41, 5.74) is 0.201. The van der Waals surface area contributed by atoms with E-state index in [0.29, 0.717) is 13.1 Å². The molecule has 1 N–H and O–H groups in total. The summed E-state index contributed by atoms with van der Waals surface area (Å²) in [5, 5.41) is 2.63. The highest BCUT2D eigenvalue weighted by Gasteiger charge is 2.22.